The molecule has 0 bridgehead atoms. The Bertz CT molecular complexity index is 540. The first-order valence-corrected chi connectivity index (χ1v) is 5.34. The first-order chi connectivity index (χ1) is 8.65. The van der Waals surface area contributed by atoms with E-state index in [2.05, 4.69) is 15.5 Å². The van der Waals surface area contributed by atoms with Crippen molar-refractivity contribution in [3.05, 3.63) is 53.4 Å². The van der Waals surface area contributed by atoms with Gasteiger partial charge in [0.25, 0.3) is 0 Å². The molecule has 1 amide bonds. The standard InChI is InChI=1S/C12H11F2N3O/c13-9-2-1-8(11(14)6-9)5-12(18)15-7-10-3-4-16-17-10/h1-4,6H,5,7H2,(H,15,18)(H,16,17). The molecule has 0 fully saturated rings. The normalized spacial score (nSPS) is 10.3. The highest BCUT2D eigenvalue weighted by Crippen LogP contribution is 2.10. The number of aromatic nitrogens is 2. The van der Waals surface area contributed by atoms with Crippen molar-refractivity contribution in [1.29, 1.82) is 0 Å². The first-order valence-electron chi connectivity index (χ1n) is 5.34. The van der Waals surface area contributed by atoms with Crippen molar-refractivity contribution in [2.45, 2.75) is 13.0 Å². The SMILES string of the molecule is O=C(Cc1ccc(F)cc1F)NCc1ccn[nH]1. The van der Waals surface area contributed by atoms with Crippen molar-refractivity contribution in [2.24, 2.45) is 0 Å². The van der Waals surface area contributed by atoms with Gasteiger partial charge in [0.1, 0.15) is 11.6 Å². The Hall–Kier alpha value is -2.24. The Kier molecular flexibility index (Phi) is 3.66. The van der Waals surface area contributed by atoms with Crippen LogP contribution in [-0.2, 0) is 17.8 Å². The van der Waals surface area contributed by atoms with E-state index in [1.54, 1.807) is 12.3 Å². The first kappa shape index (κ1) is 12.2. The predicted octanol–water partition coefficient (Wildman–Crippen LogP) is 1.55. The van der Waals surface area contributed by atoms with E-state index < -0.39 is 11.6 Å². The monoisotopic (exact) mass is 251 g/mol. The molecule has 2 N–H and O–H groups in total. The van der Waals surface area contributed by atoms with Gasteiger partial charge in [-0.1, -0.05) is 6.07 Å². The lowest BCUT2D eigenvalue weighted by Gasteiger charge is -2.05. The fourth-order valence-electron chi connectivity index (χ4n) is 1.48. The Labute approximate surface area is 102 Å². The molecule has 0 radical (unpaired) electrons. The van der Waals surface area contributed by atoms with Crippen molar-refractivity contribution in [3.63, 3.8) is 0 Å². The Morgan fingerprint density at radius 3 is 2.83 bits per heavy atom. The summed E-state index contributed by atoms with van der Waals surface area (Å²) in [5.74, 6) is -1.71. The van der Waals surface area contributed by atoms with Gasteiger partial charge < -0.3 is 5.32 Å². The number of carbonyl (C=O) groups excluding carboxylic acids is 1. The van der Waals surface area contributed by atoms with E-state index in [4.69, 9.17) is 0 Å². The minimum Gasteiger partial charge on any atom is -0.350 e. The lowest BCUT2D eigenvalue weighted by atomic mass is 10.1. The van der Waals surface area contributed by atoms with Crippen LogP contribution in [0.25, 0.3) is 0 Å². The van der Waals surface area contributed by atoms with Crippen molar-refractivity contribution >= 4 is 5.91 Å². The zero-order valence-corrected chi connectivity index (χ0v) is 9.41. The molecule has 0 aliphatic carbocycles. The van der Waals surface area contributed by atoms with E-state index in [1.807, 2.05) is 0 Å². The van der Waals surface area contributed by atoms with E-state index >= 15 is 0 Å². The zero-order valence-electron chi connectivity index (χ0n) is 9.41. The van der Waals surface area contributed by atoms with Crippen LogP contribution in [0.5, 0.6) is 0 Å². The minimum absolute atomic E-state index is 0.125. The van der Waals surface area contributed by atoms with Crippen molar-refractivity contribution in [1.82, 2.24) is 15.5 Å². The highest BCUT2D eigenvalue weighted by molar-refractivity contribution is 5.78. The third-order valence-electron chi connectivity index (χ3n) is 2.40. The summed E-state index contributed by atoms with van der Waals surface area (Å²) in [5, 5.41) is 9.02. The molecule has 0 unspecified atom stereocenters. The Morgan fingerprint density at radius 2 is 2.17 bits per heavy atom. The summed E-state index contributed by atoms with van der Waals surface area (Å²) in [7, 11) is 0. The number of aromatic amines is 1. The Balaban J connectivity index is 1.91. The topological polar surface area (TPSA) is 57.8 Å². The summed E-state index contributed by atoms with van der Waals surface area (Å²) in [5.41, 5.74) is 0.918. The second kappa shape index (κ2) is 5.39. The van der Waals surface area contributed by atoms with Crippen LogP contribution in [0.1, 0.15) is 11.3 Å². The zero-order chi connectivity index (χ0) is 13.0. The maximum absolute atomic E-state index is 13.3. The van der Waals surface area contributed by atoms with Gasteiger partial charge in [-0.3, -0.25) is 9.89 Å². The van der Waals surface area contributed by atoms with Crippen LogP contribution < -0.4 is 5.32 Å². The molecule has 6 heteroatoms. The van der Waals surface area contributed by atoms with E-state index in [0.29, 0.717) is 6.54 Å². The number of amides is 1. The van der Waals surface area contributed by atoms with Gasteiger partial charge in [-0.2, -0.15) is 5.10 Å². The summed E-state index contributed by atoms with van der Waals surface area (Å²) in [6, 6.07) is 4.87. The fourth-order valence-corrected chi connectivity index (χ4v) is 1.48. The van der Waals surface area contributed by atoms with E-state index in [-0.39, 0.29) is 17.9 Å². The molecule has 4 nitrogen and oxygen atoms in total. The van der Waals surface area contributed by atoms with Gasteiger partial charge in [-0.05, 0) is 17.7 Å². The number of H-pyrrole nitrogens is 1. The molecule has 2 aromatic rings. The van der Waals surface area contributed by atoms with Crippen LogP contribution in [0.15, 0.2) is 30.5 Å². The molecule has 1 heterocycles. The van der Waals surface area contributed by atoms with E-state index in [0.717, 1.165) is 17.8 Å². The molecule has 1 aromatic carbocycles. The second-order valence-electron chi connectivity index (χ2n) is 3.77. The average Bonchev–Trinajstić information content (AvgIpc) is 2.83. The van der Waals surface area contributed by atoms with Crippen molar-refractivity contribution in [2.75, 3.05) is 0 Å². The number of nitrogens with zero attached hydrogens (tertiary/aromatic N) is 1. The molecule has 0 spiro atoms. The smallest absolute Gasteiger partial charge is 0.224 e. The average molecular weight is 251 g/mol. The number of halogens is 2. The molecule has 0 aliphatic rings. The van der Waals surface area contributed by atoms with Gasteiger partial charge in [0.2, 0.25) is 5.91 Å². The van der Waals surface area contributed by atoms with Crippen LogP contribution in [0, 0.1) is 11.6 Å². The van der Waals surface area contributed by atoms with Crippen LogP contribution in [-0.4, -0.2) is 16.1 Å². The van der Waals surface area contributed by atoms with Crippen LogP contribution >= 0.6 is 0 Å². The summed E-state index contributed by atoms with van der Waals surface area (Å²) >= 11 is 0. The molecule has 0 aliphatic heterocycles. The number of hydrogen-bond donors (Lipinski definition) is 2. The molecule has 0 saturated heterocycles. The van der Waals surface area contributed by atoms with Gasteiger partial charge in [-0.15, -0.1) is 0 Å². The number of nitrogens with one attached hydrogen (secondary N) is 2. The fraction of sp³-hybridized carbons (Fsp3) is 0.167. The number of carbonyl (C=O) groups is 1. The molecular formula is C12H11F2N3O. The summed E-state index contributed by atoms with van der Waals surface area (Å²) < 4.78 is 26.0. The second-order valence-corrected chi connectivity index (χ2v) is 3.77. The maximum Gasteiger partial charge on any atom is 0.224 e. The summed E-state index contributed by atoms with van der Waals surface area (Å²) in [4.78, 5) is 11.5. The molecule has 94 valence electrons. The van der Waals surface area contributed by atoms with Crippen molar-refractivity contribution in [3.8, 4) is 0 Å². The molecular weight excluding hydrogens is 240 g/mol. The number of rotatable bonds is 4. The predicted molar refractivity (Wildman–Crippen MR) is 60.5 cm³/mol. The van der Waals surface area contributed by atoms with E-state index in [9.17, 15) is 13.6 Å². The highest BCUT2D eigenvalue weighted by atomic mass is 19.1. The largest absolute Gasteiger partial charge is 0.350 e. The molecule has 1 aromatic heterocycles. The lowest BCUT2D eigenvalue weighted by Crippen LogP contribution is -2.25. The maximum atomic E-state index is 13.3. The molecule has 18 heavy (non-hydrogen) atoms. The quantitative estimate of drug-likeness (QED) is 0.866. The molecule has 0 atom stereocenters. The van der Waals surface area contributed by atoms with Gasteiger partial charge in [-0.25, -0.2) is 8.78 Å². The third kappa shape index (κ3) is 3.13. The van der Waals surface area contributed by atoms with Gasteiger partial charge >= 0.3 is 0 Å². The minimum atomic E-state index is -0.716. The highest BCUT2D eigenvalue weighted by Gasteiger charge is 2.09. The lowest BCUT2D eigenvalue weighted by molar-refractivity contribution is -0.120. The molecule has 0 saturated carbocycles. The van der Waals surface area contributed by atoms with Gasteiger partial charge in [0, 0.05) is 12.3 Å². The van der Waals surface area contributed by atoms with Gasteiger partial charge in [0.15, 0.2) is 0 Å². The number of benzene rings is 1. The number of hydrogen-bond acceptors (Lipinski definition) is 2. The molecule has 2 rings (SSSR count). The summed E-state index contributed by atoms with van der Waals surface area (Å²) in [6.07, 6.45) is 1.45. The van der Waals surface area contributed by atoms with Gasteiger partial charge in [0.05, 0.1) is 18.7 Å². The third-order valence-corrected chi connectivity index (χ3v) is 2.40. The van der Waals surface area contributed by atoms with E-state index in [1.165, 1.54) is 6.07 Å². The van der Waals surface area contributed by atoms with Crippen LogP contribution in [0.4, 0.5) is 8.78 Å². The Morgan fingerprint density at radius 1 is 1.33 bits per heavy atom. The van der Waals surface area contributed by atoms with Crippen LogP contribution in [0.3, 0.4) is 0 Å². The van der Waals surface area contributed by atoms with Crippen molar-refractivity contribution < 1.29 is 13.6 Å². The van der Waals surface area contributed by atoms with Crippen LogP contribution in [0.2, 0.25) is 0 Å². The summed E-state index contributed by atoms with van der Waals surface area (Å²) in [6.45, 7) is 0.293.